The minimum atomic E-state index is 0.545. The Morgan fingerprint density at radius 1 is 1.67 bits per heavy atom. The van der Waals surface area contributed by atoms with Crippen molar-refractivity contribution in [3.63, 3.8) is 0 Å². The molecule has 0 aromatic carbocycles. The van der Waals surface area contributed by atoms with Crippen LogP contribution in [0.3, 0.4) is 0 Å². The van der Waals surface area contributed by atoms with Gasteiger partial charge < -0.3 is 10.3 Å². The highest BCUT2D eigenvalue weighted by Gasteiger charge is 2.22. The van der Waals surface area contributed by atoms with E-state index in [1.54, 1.807) is 0 Å². The lowest BCUT2D eigenvalue weighted by Gasteiger charge is -2.25. The van der Waals surface area contributed by atoms with Crippen LogP contribution in [0.4, 0.5) is 0 Å². The molecular weight excluding hydrogens is 150 g/mol. The van der Waals surface area contributed by atoms with Crippen LogP contribution in [0.1, 0.15) is 36.7 Å². The van der Waals surface area contributed by atoms with E-state index in [1.807, 2.05) is 6.20 Å². The van der Waals surface area contributed by atoms with Crippen LogP contribution in [0.15, 0.2) is 6.20 Å². The lowest BCUT2D eigenvalue weighted by atomic mass is 9.83. The highest BCUT2D eigenvalue weighted by Crippen LogP contribution is 2.36. The molecule has 3 nitrogen and oxygen atoms in total. The van der Waals surface area contributed by atoms with Gasteiger partial charge in [0, 0.05) is 24.9 Å². The molecule has 0 radical (unpaired) electrons. The average Bonchev–Trinajstić information content (AvgIpc) is 2.30. The maximum atomic E-state index is 5.54. The third-order valence-corrected chi connectivity index (χ3v) is 2.83. The first kappa shape index (κ1) is 7.80. The molecule has 0 saturated heterocycles. The summed E-state index contributed by atoms with van der Waals surface area (Å²) in [5, 5.41) is 0. The zero-order chi connectivity index (χ0) is 8.55. The topological polar surface area (TPSA) is 43.8 Å². The fourth-order valence-electron chi connectivity index (χ4n) is 1.74. The zero-order valence-electron chi connectivity index (χ0n) is 7.45. The van der Waals surface area contributed by atoms with Crippen LogP contribution in [0.2, 0.25) is 0 Å². The Bertz CT molecular complexity index is 273. The molecule has 12 heavy (non-hydrogen) atoms. The fraction of sp³-hybridized carbons (Fsp3) is 0.667. The van der Waals surface area contributed by atoms with Crippen LogP contribution >= 0.6 is 0 Å². The monoisotopic (exact) mass is 165 g/mol. The number of hydrogen-bond donors (Lipinski definition) is 1. The van der Waals surface area contributed by atoms with Crippen molar-refractivity contribution in [2.75, 3.05) is 0 Å². The Morgan fingerprint density at radius 3 is 2.83 bits per heavy atom. The Kier molecular flexibility index (Phi) is 1.89. The van der Waals surface area contributed by atoms with Crippen molar-refractivity contribution in [3.8, 4) is 0 Å². The van der Waals surface area contributed by atoms with Gasteiger partial charge in [-0.15, -0.1) is 0 Å². The summed E-state index contributed by atoms with van der Waals surface area (Å²) in [6.07, 6.45) is 5.99. The van der Waals surface area contributed by atoms with Gasteiger partial charge in [0.2, 0.25) is 0 Å². The van der Waals surface area contributed by atoms with Crippen molar-refractivity contribution in [2.45, 2.75) is 31.7 Å². The molecule has 1 aromatic heterocycles. The minimum Gasteiger partial charge on any atom is -0.334 e. The molecule has 2 rings (SSSR count). The molecule has 0 spiro atoms. The third-order valence-electron chi connectivity index (χ3n) is 2.83. The number of nitrogens with two attached hydrogens (primary N) is 1. The summed E-state index contributed by atoms with van der Waals surface area (Å²) in [6.45, 7) is 0.545. The van der Waals surface area contributed by atoms with Gasteiger partial charge in [0.15, 0.2) is 0 Å². The lowest BCUT2D eigenvalue weighted by molar-refractivity contribution is 0.401. The molecule has 1 heterocycles. The van der Waals surface area contributed by atoms with Crippen LogP contribution in [0.5, 0.6) is 0 Å². The molecule has 1 aromatic rings. The van der Waals surface area contributed by atoms with E-state index in [4.69, 9.17) is 5.73 Å². The Balaban J connectivity index is 2.25. The van der Waals surface area contributed by atoms with Crippen LogP contribution in [0, 0.1) is 0 Å². The summed E-state index contributed by atoms with van der Waals surface area (Å²) >= 11 is 0. The highest BCUT2D eigenvalue weighted by molar-refractivity contribution is 5.12. The van der Waals surface area contributed by atoms with Crippen molar-refractivity contribution in [3.05, 3.63) is 17.7 Å². The van der Waals surface area contributed by atoms with E-state index in [-0.39, 0.29) is 0 Å². The van der Waals surface area contributed by atoms with Crippen LogP contribution in [-0.2, 0) is 13.6 Å². The number of rotatable bonds is 2. The van der Waals surface area contributed by atoms with E-state index in [1.165, 1.54) is 25.0 Å². The van der Waals surface area contributed by atoms with E-state index in [2.05, 4.69) is 16.6 Å². The molecule has 2 N–H and O–H groups in total. The summed E-state index contributed by atoms with van der Waals surface area (Å²) in [5.74, 6) is 1.75. The van der Waals surface area contributed by atoms with E-state index in [0.29, 0.717) is 6.54 Å². The van der Waals surface area contributed by atoms with Gasteiger partial charge in [-0.1, -0.05) is 6.42 Å². The summed E-state index contributed by atoms with van der Waals surface area (Å²) in [7, 11) is 2.06. The molecule has 0 atom stereocenters. The molecule has 1 aliphatic carbocycles. The molecule has 0 aliphatic heterocycles. The second kappa shape index (κ2) is 2.90. The summed E-state index contributed by atoms with van der Waals surface area (Å²) in [6, 6.07) is 0. The second-order valence-corrected chi connectivity index (χ2v) is 3.49. The number of imidazole rings is 1. The van der Waals surface area contributed by atoms with Crippen molar-refractivity contribution in [1.29, 1.82) is 0 Å². The third kappa shape index (κ3) is 1.05. The maximum Gasteiger partial charge on any atom is 0.122 e. The standard InChI is InChI=1S/C9H15N3/c1-12-8(7-3-2-4-7)6-11-9(12)5-10/h6-7H,2-5,10H2,1H3. The molecule has 0 amide bonds. The van der Waals surface area contributed by atoms with Crippen molar-refractivity contribution >= 4 is 0 Å². The van der Waals surface area contributed by atoms with Crippen molar-refractivity contribution in [2.24, 2.45) is 12.8 Å². The molecule has 66 valence electrons. The number of aromatic nitrogens is 2. The van der Waals surface area contributed by atoms with Crippen molar-refractivity contribution in [1.82, 2.24) is 9.55 Å². The minimum absolute atomic E-state index is 0.545. The van der Waals surface area contributed by atoms with Crippen molar-refractivity contribution < 1.29 is 0 Å². The van der Waals surface area contributed by atoms with Gasteiger partial charge in [0.1, 0.15) is 5.82 Å². The quantitative estimate of drug-likeness (QED) is 0.714. The molecule has 0 unspecified atom stereocenters. The highest BCUT2D eigenvalue weighted by atomic mass is 15.1. The molecular formula is C9H15N3. The summed E-state index contributed by atoms with van der Waals surface area (Å²) in [4.78, 5) is 4.28. The first-order valence-electron chi connectivity index (χ1n) is 4.53. The largest absolute Gasteiger partial charge is 0.334 e. The van der Waals surface area contributed by atoms with Gasteiger partial charge in [-0.3, -0.25) is 0 Å². The number of hydrogen-bond acceptors (Lipinski definition) is 2. The second-order valence-electron chi connectivity index (χ2n) is 3.49. The fourth-order valence-corrected chi connectivity index (χ4v) is 1.74. The van der Waals surface area contributed by atoms with Gasteiger partial charge in [-0.05, 0) is 12.8 Å². The molecule has 0 bridgehead atoms. The molecule has 1 saturated carbocycles. The normalized spacial score (nSPS) is 17.8. The molecule has 1 aliphatic rings. The molecule has 1 fully saturated rings. The first-order chi connectivity index (χ1) is 5.83. The smallest absolute Gasteiger partial charge is 0.122 e. The first-order valence-corrected chi connectivity index (χ1v) is 4.53. The SMILES string of the molecule is Cn1c(C2CCC2)cnc1CN. The predicted molar refractivity (Wildman–Crippen MR) is 47.7 cm³/mol. The lowest BCUT2D eigenvalue weighted by Crippen LogP contribution is -2.14. The van der Waals surface area contributed by atoms with Gasteiger partial charge in [-0.25, -0.2) is 4.98 Å². The number of nitrogens with zero attached hydrogens (tertiary/aromatic N) is 2. The van der Waals surface area contributed by atoms with E-state index >= 15 is 0 Å². The van der Waals surface area contributed by atoms with Crippen LogP contribution in [0.25, 0.3) is 0 Å². The van der Waals surface area contributed by atoms with Crippen LogP contribution < -0.4 is 5.73 Å². The van der Waals surface area contributed by atoms with E-state index in [9.17, 15) is 0 Å². The van der Waals surface area contributed by atoms with E-state index in [0.717, 1.165) is 11.7 Å². The Hall–Kier alpha value is -0.830. The van der Waals surface area contributed by atoms with Gasteiger partial charge in [-0.2, -0.15) is 0 Å². The maximum absolute atomic E-state index is 5.54. The zero-order valence-corrected chi connectivity index (χ0v) is 7.45. The van der Waals surface area contributed by atoms with Gasteiger partial charge in [0.05, 0.1) is 6.54 Å². The van der Waals surface area contributed by atoms with E-state index < -0.39 is 0 Å². The summed E-state index contributed by atoms with van der Waals surface area (Å²) < 4.78 is 2.14. The van der Waals surface area contributed by atoms with Gasteiger partial charge >= 0.3 is 0 Å². The Morgan fingerprint density at radius 2 is 2.42 bits per heavy atom. The molecule has 3 heteroatoms. The Labute approximate surface area is 72.6 Å². The van der Waals surface area contributed by atoms with Gasteiger partial charge in [0.25, 0.3) is 0 Å². The van der Waals surface area contributed by atoms with Crippen LogP contribution in [-0.4, -0.2) is 9.55 Å². The predicted octanol–water partition coefficient (Wildman–Crippen LogP) is 1.15. The summed E-state index contributed by atoms with van der Waals surface area (Å²) in [5.41, 5.74) is 6.90. The average molecular weight is 165 g/mol.